The number of anilines is 2. The number of allylic oxidation sites excluding steroid dienone is 1. The second-order valence-corrected chi connectivity index (χ2v) is 8.20. The van der Waals surface area contributed by atoms with Gasteiger partial charge in [-0.2, -0.15) is 0 Å². The average molecular weight is 423 g/mol. The molecule has 1 aliphatic heterocycles. The maximum Gasteiger partial charge on any atom is 0.251 e. The second kappa shape index (κ2) is 9.11. The number of aromatic nitrogens is 2. The summed E-state index contributed by atoms with van der Waals surface area (Å²) < 4.78 is 0. The van der Waals surface area contributed by atoms with Crippen LogP contribution in [-0.4, -0.2) is 27.7 Å². The summed E-state index contributed by atoms with van der Waals surface area (Å²) in [6, 6.07) is 16.6. The van der Waals surface area contributed by atoms with Crippen molar-refractivity contribution in [2.75, 3.05) is 11.9 Å². The van der Waals surface area contributed by atoms with Crippen LogP contribution in [0.5, 0.6) is 0 Å². The van der Waals surface area contributed by atoms with Crippen molar-refractivity contribution in [1.82, 2.24) is 15.3 Å². The Morgan fingerprint density at radius 1 is 1.10 bits per heavy atom. The average Bonchev–Trinajstić information content (AvgIpc) is 3.27. The number of carbonyl (C=O) groups is 1. The van der Waals surface area contributed by atoms with Gasteiger partial charge in [-0.1, -0.05) is 29.8 Å². The minimum atomic E-state index is -0.0648. The first-order chi connectivity index (χ1) is 14.2. The molecule has 0 aliphatic carbocycles. The first kappa shape index (κ1) is 19.5. The van der Waals surface area contributed by atoms with Gasteiger partial charge in [0.1, 0.15) is 0 Å². The van der Waals surface area contributed by atoms with Crippen LogP contribution in [0.4, 0.5) is 11.6 Å². The monoisotopic (exact) mass is 422 g/mol. The number of nitrogens with zero attached hydrogens (tertiary/aromatic N) is 2. The Kier molecular flexibility index (Phi) is 6.12. The Labute approximate surface area is 178 Å². The molecule has 1 atom stereocenters. The van der Waals surface area contributed by atoms with Gasteiger partial charge in [-0.15, -0.1) is 11.8 Å². The predicted octanol–water partition coefficient (Wildman–Crippen LogP) is 5.29. The van der Waals surface area contributed by atoms with E-state index in [4.69, 9.17) is 11.6 Å². The molecule has 4 rings (SSSR count). The minimum Gasteiger partial charge on any atom is -0.351 e. The van der Waals surface area contributed by atoms with E-state index in [-0.39, 0.29) is 5.91 Å². The lowest BCUT2D eigenvalue weighted by Gasteiger charge is -2.11. The molecule has 5 nitrogen and oxygen atoms in total. The number of nitrogens with one attached hydrogen (secondary N) is 2. The summed E-state index contributed by atoms with van der Waals surface area (Å²) >= 11 is 7.71. The molecule has 0 saturated carbocycles. The highest BCUT2D eigenvalue weighted by atomic mass is 35.5. The van der Waals surface area contributed by atoms with Crippen LogP contribution in [0.15, 0.2) is 72.3 Å². The summed E-state index contributed by atoms with van der Waals surface area (Å²) in [6.45, 7) is 0.668. The number of halogens is 1. The van der Waals surface area contributed by atoms with Crippen molar-refractivity contribution in [2.45, 2.75) is 11.7 Å². The highest BCUT2D eigenvalue weighted by molar-refractivity contribution is 8.03. The van der Waals surface area contributed by atoms with Gasteiger partial charge in [0.15, 0.2) is 0 Å². The van der Waals surface area contributed by atoms with Crippen molar-refractivity contribution in [1.29, 1.82) is 0 Å². The van der Waals surface area contributed by atoms with Crippen LogP contribution < -0.4 is 10.6 Å². The lowest BCUT2D eigenvalue weighted by Crippen LogP contribution is -2.29. The lowest BCUT2D eigenvalue weighted by atomic mass is 10.1. The molecule has 0 saturated heterocycles. The molecule has 0 radical (unpaired) electrons. The quantitative estimate of drug-likeness (QED) is 0.565. The molecule has 2 heterocycles. The first-order valence-corrected chi connectivity index (χ1v) is 10.5. The van der Waals surface area contributed by atoms with Crippen molar-refractivity contribution in [3.05, 3.63) is 82.9 Å². The zero-order valence-corrected chi connectivity index (χ0v) is 17.1. The molecule has 1 amide bonds. The van der Waals surface area contributed by atoms with Crippen LogP contribution in [0, 0.1) is 0 Å². The van der Waals surface area contributed by atoms with Crippen molar-refractivity contribution in [3.8, 4) is 11.3 Å². The molecule has 3 aromatic rings. The maximum absolute atomic E-state index is 12.3. The number of benzene rings is 2. The Morgan fingerprint density at radius 3 is 2.62 bits per heavy atom. The van der Waals surface area contributed by atoms with Gasteiger partial charge in [-0.3, -0.25) is 4.79 Å². The van der Waals surface area contributed by atoms with Crippen molar-refractivity contribution >= 4 is 40.9 Å². The smallest absolute Gasteiger partial charge is 0.251 e. The molecule has 0 fully saturated rings. The molecule has 7 heteroatoms. The largest absolute Gasteiger partial charge is 0.351 e. The first-order valence-electron chi connectivity index (χ1n) is 9.22. The maximum atomic E-state index is 12.3. The predicted molar refractivity (Wildman–Crippen MR) is 120 cm³/mol. The second-order valence-electron chi connectivity index (χ2n) is 6.55. The number of carbonyl (C=O) groups excluding carboxylic acids is 1. The number of hydrogen-bond acceptors (Lipinski definition) is 5. The van der Waals surface area contributed by atoms with Gasteiger partial charge in [0.2, 0.25) is 5.95 Å². The van der Waals surface area contributed by atoms with Gasteiger partial charge in [-0.25, -0.2) is 9.97 Å². The van der Waals surface area contributed by atoms with Crippen LogP contribution in [0.1, 0.15) is 16.8 Å². The standard InChI is InChI=1S/C22H19ClN4OS/c23-17-7-3-15(4-8-17)20-11-12-24-22(27-20)26-18-9-5-16(6-10-18)21(28)25-14-19-2-1-13-29-19/h1,3-13,19H,2,14H2,(H,25,28)(H,24,26,27). The van der Waals surface area contributed by atoms with Crippen molar-refractivity contribution in [2.24, 2.45) is 0 Å². The highest BCUT2D eigenvalue weighted by Crippen LogP contribution is 2.23. The Balaban J connectivity index is 1.39. The van der Waals surface area contributed by atoms with Crippen LogP contribution in [-0.2, 0) is 0 Å². The molecule has 2 aromatic carbocycles. The van der Waals surface area contributed by atoms with Crippen LogP contribution in [0.2, 0.25) is 5.02 Å². The van der Waals surface area contributed by atoms with E-state index in [2.05, 4.69) is 32.1 Å². The molecular formula is C22H19ClN4OS. The van der Waals surface area contributed by atoms with Gasteiger partial charge in [-0.05, 0) is 54.3 Å². The summed E-state index contributed by atoms with van der Waals surface area (Å²) in [5, 5.41) is 9.37. The van der Waals surface area contributed by atoms with E-state index < -0.39 is 0 Å². The summed E-state index contributed by atoms with van der Waals surface area (Å²) in [6.07, 6.45) is 4.84. The van der Waals surface area contributed by atoms with Crippen molar-refractivity contribution in [3.63, 3.8) is 0 Å². The summed E-state index contributed by atoms with van der Waals surface area (Å²) in [5.41, 5.74) is 3.20. The fourth-order valence-electron chi connectivity index (χ4n) is 2.90. The molecule has 1 unspecified atom stereocenters. The molecule has 2 N–H and O–H groups in total. The fourth-order valence-corrected chi connectivity index (χ4v) is 3.88. The molecule has 0 bridgehead atoms. The van der Waals surface area contributed by atoms with E-state index in [1.807, 2.05) is 42.5 Å². The SMILES string of the molecule is O=C(NCC1CC=CS1)c1ccc(Nc2nccc(-c3ccc(Cl)cc3)n2)cc1. The highest BCUT2D eigenvalue weighted by Gasteiger charge is 2.13. The van der Waals surface area contributed by atoms with Crippen molar-refractivity contribution < 1.29 is 4.79 Å². The zero-order chi connectivity index (χ0) is 20.1. The Hall–Kier alpha value is -2.83. The fraction of sp³-hybridized carbons (Fsp3) is 0.136. The van der Waals surface area contributed by atoms with Gasteiger partial charge >= 0.3 is 0 Å². The van der Waals surface area contributed by atoms with E-state index in [1.165, 1.54) is 0 Å². The van der Waals surface area contributed by atoms with Crippen LogP contribution in [0.25, 0.3) is 11.3 Å². The summed E-state index contributed by atoms with van der Waals surface area (Å²) in [7, 11) is 0. The minimum absolute atomic E-state index is 0.0648. The van der Waals surface area contributed by atoms with Gasteiger partial charge in [0.05, 0.1) is 5.69 Å². The topological polar surface area (TPSA) is 66.9 Å². The van der Waals surface area contributed by atoms with E-state index in [0.717, 1.165) is 23.4 Å². The van der Waals surface area contributed by atoms with Crippen LogP contribution >= 0.6 is 23.4 Å². The molecule has 29 heavy (non-hydrogen) atoms. The van der Waals surface area contributed by atoms with E-state index in [1.54, 1.807) is 30.1 Å². The third-order valence-electron chi connectivity index (χ3n) is 4.46. The third kappa shape index (κ3) is 5.16. The van der Waals surface area contributed by atoms with E-state index in [0.29, 0.717) is 28.3 Å². The number of amides is 1. The van der Waals surface area contributed by atoms with Gasteiger partial charge < -0.3 is 10.6 Å². The Morgan fingerprint density at radius 2 is 1.90 bits per heavy atom. The zero-order valence-electron chi connectivity index (χ0n) is 15.5. The Bertz CT molecular complexity index is 1010. The molecule has 0 spiro atoms. The normalized spacial score (nSPS) is 15.3. The number of thioether (sulfide) groups is 1. The third-order valence-corrected chi connectivity index (χ3v) is 5.80. The molecular weight excluding hydrogens is 404 g/mol. The molecule has 1 aliphatic rings. The number of rotatable bonds is 6. The van der Waals surface area contributed by atoms with Gasteiger partial charge in [0, 0.05) is 39.8 Å². The lowest BCUT2D eigenvalue weighted by molar-refractivity contribution is 0.0954. The van der Waals surface area contributed by atoms with E-state index >= 15 is 0 Å². The molecule has 146 valence electrons. The summed E-state index contributed by atoms with van der Waals surface area (Å²) in [4.78, 5) is 21.1. The molecule has 1 aromatic heterocycles. The summed E-state index contributed by atoms with van der Waals surface area (Å²) in [5.74, 6) is 0.422. The van der Waals surface area contributed by atoms with E-state index in [9.17, 15) is 4.79 Å². The van der Waals surface area contributed by atoms with Gasteiger partial charge in [0.25, 0.3) is 5.91 Å². The number of hydrogen-bond donors (Lipinski definition) is 2. The van der Waals surface area contributed by atoms with Crippen LogP contribution in [0.3, 0.4) is 0 Å².